The highest BCUT2D eigenvalue weighted by atomic mass is 35.5. The molecule has 3 aromatic rings. The number of rotatable bonds is 6. The largest absolute Gasteiger partial charge is 0.418 e. The maximum atomic E-state index is 13.3. The number of hydrogen-bond acceptors (Lipinski definition) is 5. The highest BCUT2D eigenvalue weighted by molar-refractivity contribution is 8.14. The van der Waals surface area contributed by atoms with Gasteiger partial charge in [0.25, 0.3) is 0 Å². The Balaban J connectivity index is 2.20. The third kappa shape index (κ3) is 5.52. The van der Waals surface area contributed by atoms with Crippen LogP contribution >= 0.6 is 23.2 Å². The molecule has 0 unspecified atom stereocenters. The fraction of sp³-hybridized carbons (Fsp3) is 0.0476. The Morgan fingerprint density at radius 1 is 0.727 bits per heavy atom. The molecule has 3 rings (SSSR count). The Morgan fingerprint density at radius 2 is 1.15 bits per heavy atom. The molecule has 174 valence electrons. The van der Waals surface area contributed by atoms with Gasteiger partial charge in [-0.15, -0.1) is 0 Å². The van der Waals surface area contributed by atoms with Crippen molar-refractivity contribution in [3.05, 3.63) is 98.8 Å². The standard InChI is InChI=1S/C21H14Cl2F3NO4S2/c22-14-5-9-16(10-6-14)32(28,29)20(33(30,31)17-11-7-15(23)8-12-17)13-27-19-4-2-1-3-18(19)21(24,25)26/h1-13,27H. The lowest BCUT2D eigenvalue weighted by atomic mass is 10.2. The van der Waals surface area contributed by atoms with Crippen LogP contribution in [0.2, 0.25) is 10.0 Å². The number of alkyl halides is 3. The van der Waals surface area contributed by atoms with Gasteiger partial charge in [-0.25, -0.2) is 16.8 Å². The first-order valence-electron chi connectivity index (χ1n) is 8.98. The van der Waals surface area contributed by atoms with E-state index in [9.17, 15) is 30.0 Å². The van der Waals surface area contributed by atoms with Gasteiger partial charge in [0.15, 0.2) is 4.24 Å². The molecule has 5 nitrogen and oxygen atoms in total. The van der Waals surface area contributed by atoms with Crippen molar-refractivity contribution in [2.75, 3.05) is 5.32 Å². The highest BCUT2D eigenvalue weighted by Gasteiger charge is 2.35. The minimum Gasteiger partial charge on any atom is -0.359 e. The minimum atomic E-state index is -4.76. The normalized spacial score (nSPS) is 12.3. The van der Waals surface area contributed by atoms with Gasteiger partial charge in [0.05, 0.1) is 21.0 Å². The number of sulfone groups is 2. The van der Waals surface area contributed by atoms with Crippen LogP contribution in [0, 0.1) is 0 Å². The van der Waals surface area contributed by atoms with Crippen molar-refractivity contribution >= 4 is 48.6 Å². The van der Waals surface area contributed by atoms with Crippen LogP contribution in [0.25, 0.3) is 0 Å². The molecular weight excluding hydrogens is 522 g/mol. The molecule has 0 atom stereocenters. The number of anilines is 1. The van der Waals surface area contributed by atoms with Gasteiger partial charge in [-0.2, -0.15) is 13.2 Å². The molecular formula is C21H14Cl2F3NO4S2. The molecule has 1 N–H and O–H groups in total. The molecule has 0 fully saturated rings. The topological polar surface area (TPSA) is 80.3 Å². The first-order chi connectivity index (χ1) is 15.3. The third-order valence-corrected chi connectivity index (χ3v) is 9.26. The lowest BCUT2D eigenvalue weighted by Gasteiger charge is -2.15. The van der Waals surface area contributed by atoms with E-state index in [4.69, 9.17) is 23.2 Å². The highest BCUT2D eigenvalue weighted by Crippen LogP contribution is 2.36. The molecule has 0 saturated carbocycles. The molecule has 0 aliphatic carbocycles. The van der Waals surface area contributed by atoms with E-state index in [2.05, 4.69) is 5.32 Å². The summed E-state index contributed by atoms with van der Waals surface area (Å²) in [5.41, 5.74) is -1.63. The first-order valence-corrected chi connectivity index (χ1v) is 12.7. The second-order valence-corrected chi connectivity index (χ2v) is 11.5. The van der Waals surface area contributed by atoms with Crippen LogP contribution in [0.1, 0.15) is 5.56 Å². The molecule has 0 spiro atoms. The van der Waals surface area contributed by atoms with E-state index < -0.39 is 51.1 Å². The summed E-state index contributed by atoms with van der Waals surface area (Å²) in [6.45, 7) is 0. The Morgan fingerprint density at radius 3 is 1.58 bits per heavy atom. The first kappa shape index (κ1) is 25.1. The molecule has 3 aromatic carbocycles. The van der Waals surface area contributed by atoms with Crippen molar-refractivity contribution in [1.82, 2.24) is 0 Å². The van der Waals surface area contributed by atoms with E-state index in [1.165, 1.54) is 30.3 Å². The monoisotopic (exact) mass is 535 g/mol. The van der Waals surface area contributed by atoms with Crippen LogP contribution in [0.4, 0.5) is 18.9 Å². The number of nitrogens with one attached hydrogen (secondary N) is 1. The van der Waals surface area contributed by atoms with Crippen molar-refractivity contribution < 1.29 is 30.0 Å². The Bertz CT molecular complexity index is 1330. The van der Waals surface area contributed by atoms with Crippen LogP contribution in [0.3, 0.4) is 0 Å². The zero-order valence-corrected chi connectivity index (χ0v) is 19.5. The lowest BCUT2D eigenvalue weighted by molar-refractivity contribution is -0.136. The van der Waals surface area contributed by atoms with Crippen LogP contribution in [0.5, 0.6) is 0 Å². The summed E-state index contributed by atoms with van der Waals surface area (Å²) in [5, 5.41) is 2.61. The van der Waals surface area contributed by atoms with Gasteiger partial charge in [0.2, 0.25) is 19.7 Å². The summed E-state index contributed by atoms with van der Waals surface area (Å²) in [7, 11) is -9.43. The molecule has 0 aromatic heterocycles. The van der Waals surface area contributed by atoms with E-state index in [0.717, 1.165) is 42.5 Å². The molecule has 0 aliphatic heterocycles. The lowest BCUT2D eigenvalue weighted by Crippen LogP contribution is -2.17. The van der Waals surface area contributed by atoms with Gasteiger partial charge in [-0.3, -0.25) is 0 Å². The van der Waals surface area contributed by atoms with Gasteiger partial charge in [0, 0.05) is 16.2 Å². The quantitative estimate of drug-likeness (QED) is 0.408. The van der Waals surface area contributed by atoms with Crippen molar-refractivity contribution in [3.8, 4) is 0 Å². The van der Waals surface area contributed by atoms with Gasteiger partial charge in [0.1, 0.15) is 0 Å². The van der Waals surface area contributed by atoms with Crippen molar-refractivity contribution in [2.45, 2.75) is 16.0 Å². The van der Waals surface area contributed by atoms with E-state index in [-0.39, 0.29) is 10.0 Å². The number of para-hydroxylation sites is 1. The second-order valence-electron chi connectivity index (χ2n) is 6.57. The van der Waals surface area contributed by atoms with Gasteiger partial charge in [-0.1, -0.05) is 35.3 Å². The molecule has 33 heavy (non-hydrogen) atoms. The number of halogens is 5. The predicted molar refractivity (Wildman–Crippen MR) is 120 cm³/mol. The van der Waals surface area contributed by atoms with Crippen LogP contribution in [-0.4, -0.2) is 16.8 Å². The zero-order valence-electron chi connectivity index (χ0n) is 16.3. The number of benzene rings is 3. The summed E-state index contributed by atoms with van der Waals surface area (Å²) >= 11 is 11.6. The number of hydrogen-bond donors (Lipinski definition) is 1. The van der Waals surface area contributed by atoms with Crippen molar-refractivity contribution in [2.24, 2.45) is 0 Å². The molecule has 0 radical (unpaired) electrons. The summed E-state index contributed by atoms with van der Waals surface area (Å²) < 4.78 is 91.8. The molecule has 0 amide bonds. The maximum absolute atomic E-state index is 13.3. The SMILES string of the molecule is O=S(=O)(C(=CNc1ccccc1C(F)(F)F)S(=O)(=O)c1ccc(Cl)cc1)c1ccc(Cl)cc1. The maximum Gasteiger partial charge on any atom is 0.418 e. The summed E-state index contributed by atoms with van der Waals surface area (Å²) in [6, 6.07) is 13.6. The van der Waals surface area contributed by atoms with Gasteiger partial charge >= 0.3 is 6.18 Å². The van der Waals surface area contributed by atoms with Crippen molar-refractivity contribution in [3.63, 3.8) is 0 Å². The molecule has 12 heteroatoms. The second kappa shape index (κ2) is 9.38. The van der Waals surface area contributed by atoms with Gasteiger partial charge < -0.3 is 5.32 Å². The van der Waals surface area contributed by atoms with Gasteiger partial charge in [-0.05, 0) is 60.7 Å². The van der Waals surface area contributed by atoms with E-state index in [1.807, 2.05) is 0 Å². The summed E-state index contributed by atoms with van der Waals surface area (Å²) in [4.78, 5) is -0.830. The minimum absolute atomic E-state index is 0.206. The summed E-state index contributed by atoms with van der Waals surface area (Å²) in [5.74, 6) is 0. The molecule has 0 heterocycles. The average Bonchev–Trinajstić information content (AvgIpc) is 2.74. The summed E-state index contributed by atoms with van der Waals surface area (Å²) in [6.07, 6.45) is -4.24. The molecule has 0 bridgehead atoms. The average molecular weight is 536 g/mol. The van der Waals surface area contributed by atoms with E-state index >= 15 is 0 Å². The smallest absolute Gasteiger partial charge is 0.359 e. The van der Waals surface area contributed by atoms with E-state index in [1.54, 1.807) is 0 Å². The Hall–Kier alpha value is -2.53. The fourth-order valence-corrected chi connectivity index (χ4v) is 6.62. The zero-order chi connectivity index (χ0) is 24.4. The van der Waals surface area contributed by atoms with Crippen LogP contribution in [0.15, 0.2) is 93.0 Å². The Labute approximate surface area is 198 Å². The molecule has 0 aliphatic rings. The Kier molecular flexibility index (Phi) is 7.13. The third-order valence-electron chi connectivity index (χ3n) is 4.36. The van der Waals surface area contributed by atoms with Crippen LogP contribution < -0.4 is 5.32 Å². The van der Waals surface area contributed by atoms with E-state index in [0.29, 0.717) is 6.20 Å². The predicted octanol–water partition coefficient (Wildman–Crippen LogP) is 6.17. The van der Waals surface area contributed by atoms with Crippen molar-refractivity contribution in [1.29, 1.82) is 0 Å². The molecule has 0 saturated heterocycles. The fourth-order valence-electron chi connectivity index (χ4n) is 2.75. The van der Waals surface area contributed by atoms with Crippen LogP contribution in [-0.2, 0) is 25.9 Å².